The molecular formula is C15H14N2O3. The summed E-state index contributed by atoms with van der Waals surface area (Å²) >= 11 is 0. The SMILES string of the molecule is C=CC(=O)Nc1cc(C(=O)OC)ccc1-n1cccc1. The van der Waals surface area contributed by atoms with Gasteiger partial charge in [-0.05, 0) is 36.4 Å². The van der Waals surface area contributed by atoms with Gasteiger partial charge >= 0.3 is 5.97 Å². The van der Waals surface area contributed by atoms with Crippen molar-refractivity contribution < 1.29 is 14.3 Å². The molecule has 0 aliphatic carbocycles. The van der Waals surface area contributed by atoms with Crippen molar-refractivity contribution >= 4 is 17.6 Å². The molecule has 2 aromatic rings. The van der Waals surface area contributed by atoms with Gasteiger partial charge in [0, 0.05) is 12.4 Å². The van der Waals surface area contributed by atoms with Crippen molar-refractivity contribution in [1.29, 1.82) is 0 Å². The summed E-state index contributed by atoms with van der Waals surface area (Å²) in [5.41, 5.74) is 1.62. The van der Waals surface area contributed by atoms with Crippen LogP contribution >= 0.6 is 0 Å². The van der Waals surface area contributed by atoms with Crippen molar-refractivity contribution in [3.63, 3.8) is 0 Å². The Bertz CT molecular complexity index is 645. The van der Waals surface area contributed by atoms with Crippen molar-refractivity contribution in [2.75, 3.05) is 12.4 Å². The zero-order valence-electron chi connectivity index (χ0n) is 11.0. The van der Waals surface area contributed by atoms with Crippen LogP contribution in [0.5, 0.6) is 0 Å². The van der Waals surface area contributed by atoms with E-state index in [-0.39, 0.29) is 5.91 Å². The molecule has 0 saturated heterocycles. The zero-order chi connectivity index (χ0) is 14.5. The van der Waals surface area contributed by atoms with Crippen molar-refractivity contribution in [3.8, 4) is 5.69 Å². The molecule has 1 amide bonds. The van der Waals surface area contributed by atoms with Gasteiger partial charge in [-0.2, -0.15) is 0 Å². The van der Waals surface area contributed by atoms with E-state index in [1.54, 1.807) is 18.2 Å². The average Bonchev–Trinajstić information content (AvgIpc) is 3.00. The van der Waals surface area contributed by atoms with Crippen molar-refractivity contribution in [1.82, 2.24) is 4.57 Å². The maximum absolute atomic E-state index is 11.6. The molecule has 0 fully saturated rings. The van der Waals surface area contributed by atoms with Gasteiger partial charge in [-0.1, -0.05) is 6.58 Å². The Morgan fingerprint density at radius 1 is 1.30 bits per heavy atom. The Morgan fingerprint density at radius 3 is 2.60 bits per heavy atom. The third-order valence-corrected chi connectivity index (χ3v) is 2.74. The fourth-order valence-electron chi connectivity index (χ4n) is 1.79. The topological polar surface area (TPSA) is 60.3 Å². The van der Waals surface area contributed by atoms with E-state index in [1.165, 1.54) is 13.2 Å². The molecule has 0 spiro atoms. The molecule has 1 aromatic heterocycles. The Morgan fingerprint density at radius 2 is 2.00 bits per heavy atom. The first kappa shape index (κ1) is 13.6. The van der Waals surface area contributed by atoms with Gasteiger partial charge in [0.2, 0.25) is 5.91 Å². The first-order valence-corrected chi connectivity index (χ1v) is 5.95. The van der Waals surface area contributed by atoms with Crippen LogP contribution in [0.2, 0.25) is 0 Å². The number of hydrogen-bond donors (Lipinski definition) is 1. The highest BCUT2D eigenvalue weighted by atomic mass is 16.5. The van der Waals surface area contributed by atoms with Crippen molar-refractivity contribution in [3.05, 3.63) is 60.9 Å². The third-order valence-electron chi connectivity index (χ3n) is 2.74. The summed E-state index contributed by atoms with van der Waals surface area (Å²) in [6.07, 6.45) is 4.86. The predicted octanol–water partition coefficient (Wildman–Crippen LogP) is 2.39. The van der Waals surface area contributed by atoms with Crippen LogP contribution in [0.15, 0.2) is 55.4 Å². The maximum atomic E-state index is 11.6. The lowest BCUT2D eigenvalue weighted by Gasteiger charge is -2.12. The highest BCUT2D eigenvalue weighted by Crippen LogP contribution is 2.23. The first-order valence-electron chi connectivity index (χ1n) is 5.95. The molecule has 0 bridgehead atoms. The van der Waals surface area contributed by atoms with Crippen LogP contribution in [0.1, 0.15) is 10.4 Å². The van der Waals surface area contributed by atoms with Crippen molar-refractivity contribution in [2.45, 2.75) is 0 Å². The van der Waals surface area contributed by atoms with E-state index >= 15 is 0 Å². The van der Waals surface area contributed by atoms with Crippen LogP contribution in [0.4, 0.5) is 5.69 Å². The number of ether oxygens (including phenoxy) is 1. The van der Waals surface area contributed by atoms with E-state index in [9.17, 15) is 9.59 Å². The minimum Gasteiger partial charge on any atom is -0.465 e. The highest BCUT2D eigenvalue weighted by Gasteiger charge is 2.12. The van der Waals surface area contributed by atoms with Gasteiger partial charge in [-0.15, -0.1) is 0 Å². The molecular weight excluding hydrogens is 256 g/mol. The lowest BCUT2D eigenvalue weighted by molar-refractivity contribution is -0.111. The van der Waals surface area contributed by atoms with Gasteiger partial charge < -0.3 is 14.6 Å². The number of methoxy groups -OCH3 is 1. The highest BCUT2D eigenvalue weighted by molar-refractivity contribution is 6.01. The Labute approximate surface area is 116 Å². The quantitative estimate of drug-likeness (QED) is 0.685. The third kappa shape index (κ3) is 2.77. The molecule has 0 aliphatic heterocycles. The first-order chi connectivity index (χ1) is 9.65. The minimum atomic E-state index is -0.460. The van der Waals surface area contributed by atoms with E-state index in [2.05, 4.69) is 16.6 Å². The van der Waals surface area contributed by atoms with Gasteiger partial charge in [0.05, 0.1) is 24.0 Å². The van der Waals surface area contributed by atoms with Crippen LogP contribution in [-0.2, 0) is 9.53 Å². The number of amides is 1. The fourth-order valence-corrected chi connectivity index (χ4v) is 1.79. The predicted molar refractivity (Wildman–Crippen MR) is 75.9 cm³/mol. The summed E-state index contributed by atoms with van der Waals surface area (Å²) < 4.78 is 6.51. The monoisotopic (exact) mass is 270 g/mol. The smallest absolute Gasteiger partial charge is 0.337 e. The summed E-state index contributed by atoms with van der Waals surface area (Å²) in [4.78, 5) is 23.1. The Kier molecular flexibility index (Phi) is 4.00. The number of carbonyl (C=O) groups is 2. The molecule has 2 rings (SSSR count). The van der Waals surface area contributed by atoms with E-state index in [4.69, 9.17) is 0 Å². The van der Waals surface area contributed by atoms with Gasteiger partial charge in [0.1, 0.15) is 0 Å². The van der Waals surface area contributed by atoms with Gasteiger partial charge in [-0.25, -0.2) is 4.79 Å². The molecule has 0 radical (unpaired) electrons. The maximum Gasteiger partial charge on any atom is 0.337 e. The second kappa shape index (κ2) is 5.88. The summed E-state index contributed by atoms with van der Waals surface area (Å²) in [6.45, 7) is 3.41. The number of esters is 1. The number of aromatic nitrogens is 1. The second-order valence-corrected chi connectivity index (χ2v) is 4.01. The van der Waals surface area contributed by atoms with Crippen LogP contribution in [0.25, 0.3) is 5.69 Å². The number of rotatable bonds is 4. The Hall–Kier alpha value is -2.82. The summed E-state index contributed by atoms with van der Waals surface area (Å²) in [5, 5.41) is 2.68. The van der Waals surface area contributed by atoms with Crippen LogP contribution in [-0.4, -0.2) is 23.6 Å². The summed E-state index contributed by atoms with van der Waals surface area (Å²) in [7, 11) is 1.31. The number of carbonyl (C=O) groups excluding carboxylic acids is 2. The van der Waals surface area contributed by atoms with Gasteiger partial charge in [0.25, 0.3) is 0 Å². The number of anilines is 1. The lowest BCUT2D eigenvalue weighted by Crippen LogP contribution is -2.11. The molecule has 0 saturated carbocycles. The van der Waals surface area contributed by atoms with Crippen LogP contribution < -0.4 is 5.32 Å². The second-order valence-electron chi connectivity index (χ2n) is 4.01. The Balaban J connectivity index is 2.48. The number of nitrogens with one attached hydrogen (secondary N) is 1. The molecule has 0 unspecified atom stereocenters. The van der Waals surface area contributed by atoms with E-state index < -0.39 is 5.97 Å². The molecule has 102 valence electrons. The molecule has 1 aromatic carbocycles. The standard InChI is InChI=1S/C15H14N2O3/c1-3-14(18)16-12-10-11(15(19)20-2)6-7-13(12)17-8-4-5-9-17/h3-10H,1H2,2H3,(H,16,18). The van der Waals surface area contributed by atoms with E-state index in [1.807, 2.05) is 29.1 Å². The number of nitrogens with zero attached hydrogens (tertiary/aromatic N) is 1. The zero-order valence-corrected chi connectivity index (χ0v) is 11.0. The van der Waals surface area contributed by atoms with E-state index in [0.29, 0.717) is 11.3 Å². The number of hydrogen-bond acceptors (Lipinski definition) is 3. The van der Waals surface area contributed by atoms with Gasteiger partial charge in [-0.3, -0.25) is 4.79 Å². The minimum absolute atomic E-state index is 0.347. The normalized spacial score (nSPS) is 9.85. The molecule has 0 atom stereocenters. The van der Waals surface area contributed by atoms with Crippen LogP contribution in [0, 0.1) is 0 Å². The molecule has 1 N–H and O–H groups in total. The molecule has 5 nitrogen and oxygen atoms in total. The van der Waals surface area contributed by atoms with Crippen LogP contribution in [0.3, 0.4) is 0 Å². The molecule has 1 heterocycles. The largest absolute Gasteiger partial charge is 0.465 e. The molecule has 20 heavy (non-hydrogen) atoms. The van der Waals surface area contributed by atoms with Crippen molar-refractivity contribution in [2.24, 2.45) is 0 Å². The summed E-state index contributed by atoms with van der Waals surface area (Å²) in [5.74, 6) is -0.807. The average molecular weight is 270 g/mol. The molecule has 0 aliphatic rings. The van der Waals surface area contributed by atoms with E-state index in [0.717, 1.165) is 5.69 Å². The fraction of sp³-hybridized carbons (Fsp3) is 0.0667. The lowest BCUT2D eigenvalue weighted by atomic mass is 10.1. The summed E-state index contributed by atoms with van der Waals surface area (Å²) in [6, 6.07) is 8.69. The molecule has 5 heteroatoms. The van der Waals surface area contributed by atoms with Gasteiger partial charge in [0.15, 0.2) is 0 Å². The number of benzene rings is 1.